The minimum absolute atomic E-state index is 0.0985. The van der Waals surface area contributed by atoms with Gasteiger partial charge in [-0.3, -0.25) is 4.79 Å². The SMILES string of the molecule is Cc1cc(-c2nnn(C)n2)cc(C)c1-c1cccc2c1CCC2Nc1ccc([C@H]2C[C@@H]2C(=O)O)cn1. The van der Waals surface area contributed by atoms with Crippen LogP contribution in [0.4, 0.5) is 5.82 Å². The van der Waals surface area contributed by atoms with Gasteiger partial charge in [0.1, 0.15) is 5.82 Å². The normalized spacial score (nSPS) is 20.2. The van der Waals surface area contributed by atoms with Crippen molar-refractivity contribution >= 4 is 11.8 Å². The lowest BCUT2D eigenvalue weighted by Crippen LogP contribution is -2.08. The van der Waals surface area contributed by atoms with Crippen molar-refractivity contribution in [2.75, 3.05) is 5.32 Å². The van der Waals surface area contributed by atoms with Gasteiger partial charge >= 0.3 is 5.97 Å². The highest BCUT2D eigenvalue weighted by molar-refractivity contribution is 5.79. The number of nitrogens with zero attached hydrogens (tertiary/aromatic N) is 5. The van der Waals surface area contributed by atoms with E-state index in [2.05, 4.69) is 69.9 Å². The highest BCUT2D eigenvalue weighted by atomic mass is 16.4. The van der Waals surface area contributed by atoms with Gasteiger partial charge in [0.2, 0.25) is 5.82 Å². The summed E-state index contributed by atoms with van der Waals surface area (Å²) in [6, 6.07) is 15.0. The predicted molar refractivity (Wildman–Crippen MR) is 137 cm³/mol. The first-order chi connectivity index (χ1) is 17.4. The number of carbonyl (C=O) groups is 1. The summed E-state index contributed by atoms with van der Waals surface area (Å²) in [6.07, 6.45) is 4.52. The third-order valence-electron chi connectivity index (χ3n) is 7.48. The van der Waals surface area contributed by atoms with E-state index in [0.29, 0.717) is 12.2 Å². The molecule has 2 aromatic heterocycles. The van der Waals surface area contributed by atoms with Crippen LogP contribution in [0.3, 0.4) is 0 Å². The first-order valence-electron chi connectivity index (χ1n) is 12.3. The van der Waals surface area contributed by atoms with E-state index >= 15 is 0 Å². The monoisotopic (exact) mass is 480 g/mol. The first kappa shape index (κ1) is 22.4. The summed E-state index contributed by atoms with van der Waals surface area (Å²) in [5.41, 5.74) is 9.61. The third-order valence-corrected chi connectivity index (χ3v) is 7.48. The molecule has 6 rings (SSSR count). The molecule has 0 spiro atoms. The molecule has 2 N–H and O–H groups in total. The van der Waals surface area contributed by atoms with Crippen LogP contribution in [0.2, 0.25) is 0 Å². The average molecular weight is 481 g/mol. The summed E-state index contributed by atoms with van der Waals surface area (Å²) in [6.45, 7) is 4.29. The highest BCUT2D eigenvalue weighted by Gasteiger charge is 2.44. The summed E-state index contributed by atoms with van der Waals surface area (Å²) in [4.78, 5) is 17.2. The molecular weight excluding hydrogens is 452 g/mol. The number of hydrogen-bond acceptors (Lipinski definition) is 6. The maximum absolute atomic E-state index is 11.2. The molecule has 36 heavy (non-hydrogen) atoms. The number of fused-ring (bicyclic) bond motifs is 1. The van der Waals surface area contributed by atoms with Crippen LogP contribution in [0.5, 0.6) is 0 Å². The van der Waals surface area contributed by atoms with Gasteiger partial charge in [-0.15, -0.1) is 10.2 Å². The van der Waals surface area contributed by atoms with Crippen LogP contribution < -0.4 is 5.32 Å². The van der Waals surface area contributed by atoms with Gasteiger partial charge in [-0.1, -0.05) is 24.3 Å². The lowest BCUT2D eigenvalue weighted by molar-refractivity contribution is -0.138. The second-order valence-corrected chi connectivity index (χ2v) is 9.96. The van der Waals surface area contributed by atoms with E-state index < -0.39 is 5.97 Å². The molecule has 2 aliphatic rings. The number of carboxylic acid groups (broad SMARTS) is 1. The van der Waals surface area contributed by atoms with E-state index in [-0.39, 0.29) is 17.9 Å². The van der Waals surface area contributed by atoms with Crippen LogP contribution in [0.25, 0.3) is 22.5 Å². The molecular formula is C28H28N6O2. The van der Waals surface area contributed by atoms with E-state index in [0.717, 1.165) is 29.8 Å². The number of nitrogens with one attached hydrogen (secondary N) is 1. The lowest BCUT2D eigenvalue weighted by Gasteiger charge is -2.18. The van der Waals surface area contributed by atoms with Crippen LogP contribution in [0.15, 0.2) is 48.7 Å². The Kier molecular flexibility index (Phi) is 5.32. The predicted octanol–water partition coefficient (Wildman–Crippen LogP) is 4.84. The molecule has 8 nitrogen and oxygen atoms in total. The molecule has 0 saturated heterocycles. The third kappa shape index (κ3) is 3.92. The zero-order chi connectivity index (χ0) is 25.0. The summed E-state index contributed by atoms with van der Waals surface area (Å²) in [7, 11) is 1.77. The minimum atomic E-state index is -0.717. The van der Waals surface area contributed by atoms with Crippen LogP contribution in [-0.2, 0) is 18.3 Å². The van der Waals surface area contributed by atoms with Crippen molar-refractivity contribution in [3.05, 3.63) is 76.5 Å². The van der Waals surface area contributed by atoms with E-state index in [4.69, 9.17) is 0 Å². The van der Waals surface area contributed by atoms with E-state index in [9.17, 15) is 9.90 Å². The van der Waals surface area contributed by atoms with Gasteiger partial charge in [-0.2, -0.15) is 4.80 Å². The van der Waals surface area contributed by atoms with E-state index in [1.807, 2.05) is 18.3 Å². The molecule has 2 aliphatic carbocycles. The molecule has 8 heteroatoms. The molecule has 1 fully saturated rings. The van der Waals surface area contributed by atoms with Gasteiger partial charge in [0, 0.05) is 11.8 Å². The van der Waals surface area contributed by atoms with Crippen LogP contribution >= 0.6 is 0 Å². The number of tetrazole rings is 1. The van der Waals surface area contributed by atoms with Crippen molar-refractivity contribution < 1.29 is 9.90 Å². The Morgan fingerprint density at radius 1 is 1.14 bits per heavy atom. The van der Waals surface area contributed by atoms with Gasteiger partial charge in [0.25, 0.3) is 0 Å². The molecule has 0 amide bonds. The van der Waals surface area contributed by atoms with Gasteiger partial charge in [-0.25, -0.2) is 4.98 Å². The number of rotatable bonds is 6. The van der Waals surface area contributed by atoms with Crippen molar-refractivity contribution in [3.8, 4) is 22.5 Å². The van der Waals surface area contributed by atoms with Crippen molar-refractivity contribution in [2.24, 2.45) is 13.0 Å². The Balaban J connectivity index is 1.25. The molecule has 0 aliphatic heterocycles. The van der Waals surface area contributed by atoms with Gasteiger partial charge in [0.05, 0.1) is 19.0 Å². The number of anilines is 1. The van der Waals surface area contributed by atoms with E-state index in [1.54, 1.807) is 7.05 Å². The maximum Gasteiger partial charge on any atom is 0.307 e. The Morgan fingerprint density at radius 3 is 2.58 bits per heavy atom. The van der Waals surface area contributed by atoms with Gasteiger partial charge in [-0.05, 0) is 101 Å². The number of benzene rings is 2. The van der Waals surface area contributed by atoms with Crippen molar-refractivity contribution in [1.82, 2.24) is 25.2 Å². The van der Waals surface area contributed by atoms with Crippen molar-refractivity contribution in [2.45, 2.75) is 45.1 Å². The molecule has 2 aromatic carbocycles. The molecule has 0 bridgehead atoms. The van der Waals surface area contributed by atoms with Crippen molar-refractivity contribution in [3.63, 3.8) is 0 Å². The highest BCUT2D eigenvalue weighted by Crippen LogP contribution is 2.47. The molecule has 3 atom stereocenters. The number of aryl methyl sites for hydroxylation is 3. The number of carboxylic acids is 1. The van der Waals surface area contributed by atoms with Crippen molar-refractivity contribution in [1.29, 1.82) is 0 Å². The smallest absolute Gasteiger partial charge is 0.307 e. The summed E-state index contributed by atoms with van der Waals surface area (Å²) in [5.74, 6) is 0.579. The first-order valence-corrected chi connectivity index (χ1v) is 12.3. The van der Waals surface area contributed by atoms with Gasteiger partial charge < -0.3 is 10.4 Å². The summed E-state index contributed by atoms with van der Waals surface area (Å²) >= 11 is 0. The zero-order valence-corrected chi connectivity index (χ0v) is 20.6. The Hall–Kier alpha value is -4.07. The largest absolute Gasteiger partial charge is 0.481 e. The fraction of sp³-hybridized carbons (Fsp3) is 0.321. The molecule has 4 aromatic rings. The van der Waals surface area contributed by atoms with Gasteiger partial charge in [0.15, 0.2) is 0 Å². The Labute approximate surface area is 209 Å². The standard InChI is InChI=1S/C28H28N6O2/c1-15-11-18(27-31-33-34(3)32-27)12-16(2)26(15)21-6-4-5-20-19(21)8-9-24(20)30-25-10-7-17(14-29-25)22-13-23(22)28(35)36/h4-7,10-12,14,22-24H,8-9,13H2,1-3H3,(H,29,30)(H,35,36)/t22-,23+,24?/m1/s1. The quantitative estimate of drug-likeness (QED) is 0.407. The Morgan fingerprint density at radius 2 is 1.94 bits per heavy atom. The maximum atomic E-state index is 11.2. The lowest BCUT2D eigenvalue weighted by atomic mass is 9.89. The molecule has 0 radical (unpaired) electrons. The average Bonchev–Trinajstić information content (AvgIpc) is 3.39. The minimum Gasteiger partial charge on any atom is -0.481 e. The van der Waals surface area contributed by atoms with E-state index in [1.165, 1.54) is 38.2 Å². The summed E-state index contributed by atoms with van der Waals surface area (Å²) in [5, 5.41) is 25.3. The molecule has 1 saturated carbocycles. The van der Waals surface area contributed by atoms with Crippen LogP contribution in [0.1, 0.15) is 52.6 Å². The molecule has 1 unspecified atom stereocenters. The summed E-state index contributed by atoms with van der Waals surface area (Å²) < 4.78 is 0. The fourth-order valence-electron chi connectivity index (χ4n) is 5.68. The number of aromatic nitrogens is 5. The second kappa shape index (κ2) is 8.55. The molecule has 182 valence electrons. The van der Waals surface area contributed by atoms with Crippen LogP contribution in [0, 0.1) is 19.8 Å². The second-order valence-electron chi connectivity index (χ2n) is 9.96. The fourth-order valence-corrected chi connectivity index (χ4v) is 5.68. The Bertz CT molecular complexity index is 1450. The van der Waals surface area contributed by atoms with Crippen LogP contribution in [-0.4, -0.2) is 36.3 Å². The number of hydrogen-bond donors (Lipinski definition) is 2. The number of aliphatic carboxylic acids is 1. The topological polar surface area (TPSA) is 106 Å². The zero-order valence-electron chi connectivity index (χ0n) is 20.6. The molecule has 2 heterocycles. The number of pyridine rings is 1.